The number of hydrogen-bond donors (Lipinski definition) is 2. The summed E-state index contributed by atoms with van der Waals surface area (Å²) in [5.41, 5.74) is 0.871. The lowest BCUT2D eigenvalue weighted by Crippen LogP contribution is -2.03. The molecule has 0 atom stereocenters. The number of unbranched alkanes of at least 4 members (excludes halogenated alkanes) is 2. The van der Waals surface area contributed by atoms with Crippen LogP contribution >= 0.6 is 0 Å². The number of benzene rings is 1. The largest absolute Gasteiger partial charge is 0.435 e. The van der Waals surface area contributed by atoms with Crippen LogP contribution in [0.15, 0.2) is 24.3 Å². The Morgan fingerprint density at radius 1 is 1.12 bits per heavy atom. The SMILES string of the molecule is OCCCCCNc1ccc(OC(F)F)cc1. The summed E-state index contributed by atoms with van der Waals surface area (Å²) in [6.07, 6.45) is 2.74. The molecule has 1 aromatic carbocycles. The Hall–Kier alpha value is -1.36. The summed E-state index contributed by atoms with van der Waals surface area (Å²) in [4.78, 5) is 0. The second-order valence-corrected chi connectivity index (χ2v) is 3.61. The first-order valence-electron chi connectivity index (χ1n) is 5.62. The Morgan fingerprint density at radius 3 is 2.41 bits per heavy atom. The van der Waals surface area contributed by atoms with Gasteiger partial charge in [0.2, 0.25) is 0 Å². The maximum Gasteiger partial charge on any atom is 0.387 e. The van der Waals surface area contributed by atoms with E-state index in [9.17, 15) is 8.78 Å². The third kappa shape index (κ3) is 6.06. The van der Waals surface area contributed by atoms with Crippen molar-refractivity contribution >= 4 is 5.69 Å². The van der Waals surface area contributed by atoms with Crippen molar-refractivity contribution in [2.45, 2.75) is 25.9 Å². The number of anilines is 1. The number of aliphatic hydroxyl groups excluding tert-OH is 1. The molecule has 0 spiro atoms. The summed E-state index contributed by atoms with van der Waals surface area (Å²) in [5, 5.41) is 11.7. The van der Waals surface area contributed by atoms with Crippen LogP contribution in [0, 0.1) is 0 Å². The minimum absolute atomic E-state index is 0.158. The summed E-state index contributed by atoms with van der Waals surface area (Å²) in [7, 11) is 0. The number of hydrogen-bond acceptors (Lipinski definition) is 3. The zero-order valence-electron chi connectivity index (χ0n) is 9.53. The van der Waals surface area contributed by atoms with E-state index in [-0.39, 0.29) is 12.4 Å². The van der Waals surface area contributed by atoms with E-state index in [0.29, 0.717) is 0 Å². The average Bonchev–Trinajstić information content (AvgIpc) is 2.30. The van der Waals surface area contributed by atoms with Crippen molar-refractivity contribution in [1.82, 2.24) is 0 Å². The topological polar surface area (TPSA) is 41.5 Å². The Morgan fingerprint density at radius 2 is 1.82 bits per heavy atom. The van der Waals surface area contributed by atoms with Gasteiger partial charge in [0.15, 0.2) is 0 Å². The number of rotatable bonds is 8. The minimum Gasteiger partial charge on any atom is -0.435 e. The molecule has 1 aromatic rings. The van der Waals surface area contributed by atoms with E-state index in [1.54, 1.807) is 12.1 Å². The Balaban J connectivity index is 2.25. The molecule has 0 amide bonds. The first-order valence-corrected chi connectivity index (χ1v) is 5.62. The maximum atomic E-state index is 11.9. The first kappa shape index (κ1) is 13.7. The molecule has 0 bridgehead atoms. The zero-order valence-corrected chi connectivity index (χ0v) is 9.53. The molecular formula is C12H17F2NO2. The van der Waals surface area contributed by atoms with Crippen molar-refractivity contribution in [2.75, 3.05) is 18.5 Å². The van der Waals surface area contributed by atoms with Crippen LogP contribution in [0.5, 0.6) is 5.75 Å². The molecule has 0 saturated heterocycles. The lowest BCUT2D eigenvalue weighted by Gasteiger charge is -2.08. The first-order chi connectivity index (χ1) is 8.22. The summed E-state index contributed by atoms with van der Waals surface area (Å²) in [5.74, 6) is 0.158. The van der Waals surface area contributed by atoms with Gasteiger partial charge in [0.05, 0.1) is 0 Å². The highest BCUT2D eigenvalue weighted by Gasteiger charge is 2.03. The molecule has 0 saturated carbocycles. The third-order valence-corrected chi connectivity index (χ3v) is 2.24. The summed E-state index contributed by atoms with van der Waals surface area (Å²) >= 11 is 0. The third-order valence-electron chi connectivity index (χ3n) is 2.24. The number of halogens is 2. The Kier molecular flexibility index (Phi) is 6.32. The smallest absolute Gasteiger partial charge is 0.387 e. The molecule has 0 heterocycles. The summed E-state index contributed by atoms with van der Waals surface area (Å²) in [6, 6.07) is 6.40. The molecule has 0 unspecified atom stereocenters. The molecule has 5 heteroatoms. The van der Waals surface area contributed by atoms with E-state index in [4.69, 9.17) is 5.11 Å². The van der Waals surface area contributed by atoms with Gasteiger partial charge in [-0.15, -0.1) is 0 Å². The van der Waals surface area contributed by atoms with Gasteiger partial charge in [0.1, 0.15) is 5.75 Å². The highest BCUT2D eigenvalue weighted by Crippen LogP contribution is 2.17. The van der Waals surface area contributed by atoms with E-state index in [0.717, 1.165) is 31.5 Å². The lowest BCUT2D eigenvalue weighted by molar-refractivity contribution is -0.0498. The molecule has 0 aromatic heterocycles. The fourth-order valence-electron chi connectivity index (χ4n) is 1.40. The quantitative estimate of drug-likeness (QED) is 0.692. The van der Waals surface area contributed by atoms with Gasteiger partial charge in [-0.3, -0.25) is 0 Å². The molecule has 2 N–H and O–H groups in total. The molecule has 0 aliphatic carbocycles. The minimum atomic E-state index is -2.78. The number of ether oxygens (including phenoxy) is 1. The van der Waals surface area contributed by atoms with Crippen molar-refractivity contribution < 1.29 is 18.6 Å². The molecule has 17 heavy (non-hydrogen) atoms. The number of alkyl halides is 2. The van der Waals surface area contributed by atoms with E-state index in [1.807, 2.05) is 0 Å². The standard InChI is InChI=1S/C12H17F2NO2/c13-12(14)17-11-6-4-10(5-7-11)15-8-2-1-3-9-16/h4-7,12,15-16H,1-3,8-9H2. The van der Waals surface area contributed by atoms with Gasteiger partial charge in [-0.05, 0) is 43.5 Å². The second-order valence-electron chi connectivity index (χ2n) is 3.61. The van der Waals surface area contributed by atoms with Gasteiger partial charge in [-0.2, -0.15) is 8.78 Å². The highest BCUT2D eigenvalue weighted by atomic mass is 19.3. The monoisotopic (exact) mass is 245 g/mol. The van der Waals surface area contributed by atoms with E-state index >= 15 is 0 Å². The Labute approximate surface area is 99.4 Å². The van der Waals surface area contributed by atoms with Crippen molar-refractivity contribution in [3.05, 3.63) is 24.3 Å². The molecule has 96 valence electrons. The van der Waals surface area contributed by atoms with Crippen LogP contribution in [0.2, 0.25) is 0 Å². The fraction of sp³-hybridized carbons (Fsp3) is 0.500. The maximum absolute atomic E-state index is 11.9. The number of aliphatic hydroxyl groups is 1. The molecule has 0 fully saturated rings. The van der Waals surface area contributed by atoms with Gasteiger partial charge in [-0.1, -0.05) is 0 Å². The molecule has 0 aliphatic rings. The van der Waals surface area contributed by atoms with Crippen LogP contribution < -0.4 is 10.1 Å². The van der Waals surface area contributed by atoms with Crippen LogP contribution in [-0.4, -0.2) is 24.9 Å². The van der Waals surface area contributed by atoms with Crippen LogP contribution in [0.4, 0.5) is 14.5 Å². The summed E-state index contributed by atoms with van der Waals surface area (Å²) < 4.78 is 28.0. The van der Waals surface area contributed by atoms with Crippen molar-refractivity contribution in [1.29, 1.82) is 0 Å². The molecule has 3 nitrogen and oxygen atoms in total. The zero-order chi connectivity index (χ0) is 12.5. The van der Waals surface area contributed by atoms with Crippen molar-refractivity contribution in [2.24, 2.45) is 0 Å². The molecular weight excluding hydrogens is 228 g/mol. The van der Waals surface area contributed by atoms with E-state index in [1.165, 1.54) is 12.1 Å². The average molecular weight is 245 g/mol. The van der Waals surface area contributed by atoms with Gasteiger partial charge >= 0.3 is 6.61 Å². The number of nitrogens with one attached hydrogen (secondary N) is 1. The van der Waals surface area contributed by atoms with Gasteiger partial charge in [0.25, 0.3) is 0 Å². The normalized spacial score (nSPS) is 10.6. The van der Waals surface area contributed by atoms with Gasteiger partial charge < -0.3 is 15.2 Å². The molecule has 0 radical (unpaired) electrons. The van der Waals surface area contributed by atoms with Crippen LogP contribution in [0.1, 0.15) is 19.3 Å². The summed E-state index contributed by atoms with van der Waals surface area (Å²) in [6.45, 7) is -1.76. The van der Waals surface area contributed by atoms with Gasteiger partial charge in [0, 0.05) is 18.8 Å². The van der Waals surface area contributed by atoms with Crippen molar-refractivity contribution in [3.8, 4) is 5.75 Å². The fourth-order valence-corrected chi connectivity index (χ4v) is 1.40. The van der Waals surface area contributed by atoms with E-state index < -0.39 is 6.61 Å². The predicted molar refractivity (Wildman–Crippen MR) is 62.5 cm³/mol. The molecule has 1 rings (SSSR count). The highest BCUT2D eigenvalue weighted by molar-refractivity contribution is 5.46. The Bertz CT molecular complexity index is 304. The predicted octanol–water partition coefficient (Wildman–Crippen LogP) is 2.86. The van der Waals surface area contributed by atoms with Crippen LogP contribution in [-0.2, 0) is 0 Å². The molecule has 0 aliphatic heterocycles. The second kappa shape index (κ2) is 7.84. The van der Waals surface area contributed by atoms with Crippen LogP contribution in [0.3, 0.4) is 0 Å². The van der Waals surface area contributed by atoms with Crippen molar-refractivity contribution in [3.63, 3.8) is 0 Å². The van der Waals surface area contributed by atoms with Crippen LogP contribution in [0.25, 0.3) is 0 Å². The lowest BCUT2D eigenvalue weighted by atomic mass is 10.2. The van der Waals surface area contributed by atoms with Gasteiger partial charge in [-0.25, -0.2) is 0 Å². The van der Waals surface area contributed by atoms with E-state index in [2.05, 4.69) is 10.1 Å².